The predicted octanol–water partition coefficient (Wildman–Crippen LogP) is 3.61. The Morgan fingerprint density at radius 3 is 2.82 bits per heavy atom. The van der Waals surface area contributed by atoms with E-state index in [1.807, 2.05) is 7.05 Å². The molecule has 1 fully saturated rings. The molecule has 0 unspecified atom stereocenters. The highest BCUT2D eigenvalue weighted by Crippen LogP contribution is 2.33. The smallest absolute Gasteiger partial charge is 0.212 e. The van der Waals surface area contributed by atoms with Crippen molar-refractivity contribution in [2.45, 2.75) is 51.8 Å². The Hall–Kier alpha value is -1.81. The van der Waals surface area contributed by atoms with Gasteiger partial charge in [0.25, 0.3) is 0 Å². The van der Waals surface area contributed by atoms with Crippen LogP contribution in [0.3, 0.4) is 0 Å². The first-order valence-electron chi connectivity index (χ1n) is 8.17. The van der Waals surface area contributed by atoms with E-state index in [0.717, 1.165) is 18.1 Å². The zero-order chi connectivity index (χ0) is 15.4. The van der Waals surface area contributed by atoms with Crippen molar-refractivity contribution in [3.05, 3.63) is 47.2 Å². The van der Waals surface area contributed by atoms with Crippen LogP contribution in [-0.4, -0.2) is 16.8 Å². The molecule has 22 heavy (non-hydrogen) atoms. The van der Waals surface area contributed by atoms with Crippen molar-refractivity contribution >= 4 is 0 Å². The van der Waals surface area contributed by atoms with Gasteiger partial charge in [-0.1, -0.05) is 42.7 Å². The molecule has 118 valence electrons. The predicted molar refractivity (Wildman–Crippen MR) is 88.0 cm³/mol. The Morgan fingerprint density at radius 2 is 2.09 bits per heavy atom. The molecule has 0 saturated heterocycles. The van der Waals surface area contributed by atoms with E-state index in [2.05, 4.69) is 47.3 Å². The molecular weight excluding hydrogens is 274 g/mol. The van der Waals surface area contributed by atoms with Gasteiger partial charge in [-0.2, -0.15) is 5.10 Å². The lowest BCUT2D eigenvalue weighted by atomic mass is 10.1. The maximum absolute atomic E-state index is 6.09. The summed E-state index contributed by atoms with van der Waals surface area (Å²) in [4.78, 5) is 0. The third-order valence-corrected chi connectivity index (χ3v) is 4.25. The molecule has 1 saturated carbocycles. The van der Waals surface area contributed by atoms with Gasteiger partial charge >= 0.3 is 0 Å². The number of nitrogens with zero attached hydrogens (tertiary/aromatic N) is 2. The molecule has 0 atom stereocenters. The summed E-state index contributed by atoms with van der Waals surface area (Å²) < 4.78 is 8.20. The highest BCUT2D eigenvalue weighted by atomic mass is 16.5. The first-order valence-corrected chi connectivity index (χ1v) is 8.17. The number of hydrogen-bond acceptors (Lipinski definition) is 3. The highest BCUT2D eigenvalue weighted by Gasteiger charge is 2.22. The minimum absolute atomic E-state index is 0.498. The summed E-state index contributed by atoms with van der Waals surface area (Å²) in [5.74, 6) is 0.902. The second kappa shape index (κ2) is 6.97. The van der Waals surface area contributed by atoms with Crippen LogP contribution in [0.15, 0.2) is 30.3 Å². The van der Waals surface area contributed by atoms with Gasteiger partial charge in [-0.05, 0) is 32.4 Å². The van der Waals surface area contributed by atoms with Gasteiger partial charge in [-0.15, -0.1) is 0 Å². The topological polar surface area (TPSA) is 39.1 Å². The Labute approximate surface area is 132 Å². The largest absolute Gasteiger partial charge is 0.473 e. The molecular formula is C18H25N3O. The van der Waals surface area contributed by atoms with Crippen LogP contribution < -0.4 is 10.1 Å². The van der Waals surface area contributed by atoms with Crippen LogP contribution in [-0.2, 0) is 13.2 Å². The normalized spacial score (nSPS) is 15.4. The van der Waals surface area contributed by atoms with Crippen LogP contribution in [0.1, 0.15) is 48.5 Å². The van der Waals surface area contributed by atoms with E-state index < -0.39 is 0 Å². The monoisotopic (exact) mass is 299 g/mol. The van der Waals surface area contributed by atoms with Gasteiger partial charge in [0.1, 0.15) is 6.61 Å². The second-order valence-electron chi connectivity index (χ2n) is 6.16. The summed E-state index contributed by atoms with van der Waals surface area (Å²) in [5.41, 5.74) is 3.52. The van der Waals surface area contributed by atoms with E-state index in [1.54, 1.807) is 0 Å². The van der Waals surface area contributed by atoms with Crippen molar-refractivity contribution in [1.29, 1.82) is 0 Å². The fraction of sp³-hybridized carbons (Fsp3) is 0.500. The van der Waals surface area contributed by atoms with E-state index in [9.17, 15) is 0 Å². The van der Waals surface area contributed by atoms with Crippen molar-refractivity contribution in [1.82, 2.24) is 15.1 Å². The molecule has 0 radical (unpaired) electrons. The van der Waals surface area contributed by atoms with Gasteiger partial charge < -0.3 is 10.1 Å². The molecule has 1 aliphatic carbocycles. The van der Waals surface area contributed by atoms with E-state index in [-0.39, 0.29) is 0 Å². The van der Waals surface area contributed by atoms with Crippen molar-refractivity contribution in [2.24, 2.45) is 0 Å². The lowest BCUT2D eigenvalue weighted by Crippen LogP contribution is -2.11. The average Bonchev–Trinajstić information content (AvgIpc) is 3.14. The highest BCUT2D eigenvalue weighted by molar-refractivity contribution is 5.23. The van der Waals surface area contributed by atoms with Crippen LogP contribution in [0.4, 0.5) is 0 Å². The molecule has 4 heteroatoms. The number of benzene rings is 1. The molecule has 0 aliphatic heterocycles. The van der Waals surface area contributed by atoms with E-state index in [4.69, 9.17) is 9.84 Å². The van der Waals surface area contributed by atoms with Crippen LogP contribution >= 0.6 is 0 Å². The minimum atomic E-state index is 0.498. The summed E-state index contributed by atoms with van der Waals surface area (Å²) in [6, 6.07) is 11.0. The van der Waals surface area contributed by atoms with Crippen molar-refractivity contribution in [3.8, 4) is 5.88 Å². The van der Waals surface area contributed by atoms with Crippen LogP contribution in [0.25, 0.3) is 0 Å². The molecule has 3 rings (SSSR count). The van der Waals surface area contributed by atoms with Crippen LogP contribution in [0, 0.1) is 6.92 Å². The number of rotatable bonds is 6. The van der Waals surface area contributed by atoms with Gasteiger partial charge in [0.2, 0.25) is 5.88 Å². The fourth-order valence-corrected chi connectivity index (χ4v) is 3.17. The Bertz CT molecular complexity index is 615. The Balaban J connectivity index is 1.75. The van der Waals surface area contributed by atoms with Crippen LogP contribution in [0.5, 0.6) is 5.88 Å². The van der Waals surface area contributed by atoms with E-state index >= 15 is 0 Å². The van der Waals surface area contributed by atoms with Gasteiger partial charge in [-0.3, -0.25) is 0 Å². The SMILES string of the molecule is CNCc1cc(OCc2cccc(C)c2)n(C2CCCC2)n1. The molecule has 1 heterocycles. The quantitative estimate of drug-likeness (QED) is 0.885. The zero-order valence-corrected chi connectivity index (χ0v) is 13.5. The molecule has 1 aromatic heterocycles. The molecule has 1 N–H and O–H groups in total. The number of hydrogen-bond donors (Lipinski definition) is 1. The maximum Gasteiger partial charge on any atom is 0.212 e. The lowest BCUT2D eigenvalue weighted by Gasteiger charge is -2.14. The standard InChI is InChI=1S/C18H25N3O/c1-14-6-5-7-15(10-14)13-22-18-11-16(12-19-2)20-21(18)17-8-3-4-9-17/h5-7,10-11,17,19H,3-4,8-9,12-13H2,1-2H3. The van der Waals surface area contributed by atoms with Gasteiger partial charge in [0, 0.05) is 12.6 Å². The third-order valence-electron chi connectivity index (χ3n) is 4.25. The molecule has 4 nitrogen and oxygen atoms in total. The molecule has 0 bridgehead atoms. The summed E-state index contributed by atoms with van der Waals surface area (Å²) >= 11 is 0. The number of aromatic nitrogens is 2. The molecule has 1 aromatic carbocycles. The third kappa shape index (κ3) is 3.50. The van der Waals surface area contributed by atoms with E-state index in [0.29, 0.717) is 12.6 Å². The number of aryl methyl sites for hydroxylation is 1. The fourth-order valence-electron chi connectivity index (χ4n) is 3.17. The minimum Gasteiger partial charge on any atom is -0.473 e. The van der Waals surface area contributed by atoms with Crippen molar-refractivity contribution < 1.29 is 4.74 Å². The Morgan fingerprint density at radius 1 is 1.27 bits per heavy atom. The van der Waals surface area contributed by atoms with Crippen molar-refractivity contribution in [2.75, 3.05) is 7.05 Å². The summed E-state index contributed by atoms with van der Waals surface area (Å²) in [7, 11) is 1.95. The van der Waals surface area contributed by atoms with Gasteiger partial charge in [0.05, 0.1) is 11.7 Å². The van der Waals surface area contributed by atoms with Gasteiger partial charge in [0.15, 0.2) is 0 Å². The maximum atomic E-state index is 6.09. The summed E-state index contributed by atoms with van der Waals surface area (Å²) in [6.45, 7) is 3.48. The first kappa shape index (κ1) is 15.1. The first-order chi connectivity index (χ1) is 10.8. The average molecular weight is 299 g/mol. The second-order valence-corrected chi connectivity index (χ2v) is 6.16. The zero-order valence-electron chi connectivity index (χ0n) is 13.5. The molecule has 0 spiro atoms. The molecule has 1 aliphatic rings. The molecule has 0 amide bonds. The Kier molecular flexibility index (Phi) is 4.78. The number of ether oxygens (including phenoxy) is 1. The molecule has 2 aromatic rings. The summed E-state index contributed by atoms with van der Waals surface area (Å²) in [6.07, 6.45) is 5.01. The van der Waals surface area contributed by atoms with Gasteiger partial charge in [-0.25, -0.2) is 4.68 Å². The number of nitrogens with one attached hydrogen (secondary N) is 1. The van der Waals surface area contributed by atoms with E-state index in [1.165, 1.54) is 36.8 Å². The van der Waals surface area contributed by atoms with Crippen molar-refractivity contribution in [3.63, 3.8) is 0 Å². The lowest BCUT2D eigenvalue weighted by molar-refractivity contribution is 0.258. The summed E-state index contributed by atoms with van der Waals surface area (Å²) in [5, 5.41) is 7.91. The van der Waals surface area contributed by atoms with Crippen LogP contribution in [0.2, 0.25) is 0 Å².